The fourth-order valence-corrected chi connectivity index (χ4v) is 4.37. The van der Waals surface area contributed by atoms with E-state index in [9.17, 15) is 4.39 Å². The van der Waals surface area contributed by atoms with E-state index >= 15 is 0 Å². The van der Waals surface area contributed by atoms with Crippen LogP contribution in [0.25, 0.3) is 0 Å². The predicted octanol–water partition coefficient (Wildman–Crippen LogP) is 4.00. The zero-order valence-electron chi connectivity index (χ0n) is 18.2. The van der Waals surface area contributed by atoms with Crippen molar-refractivity contribution < 1.29 is 4.39 Å². The van der Waals surface area contributed by atoms with E-state index in [1.54, 1.807) is 6.08 Å². The van der Waals surface area contributed by atoms with Gasteiger partial charge in [-0.2, -0.15) is 0 Å². The number of halogens is 1. The lowest BCUT2D eigenvalue weighted by Crippen LogP contribution is -2.50. The number of rotatable bonds is 8. The Morgan fingerprint density at radius 2 is 1.87 bits per heavy atom. The summed E-state index contributed by atoms with van der Waals surface area (Å²) in [5, 5.41) is 8.59. The molecule has 1 aromatic heterocycles. The van der Waals surface area contributed by atoms with Crippen LogP contribution >= 0.6 is 0 Å². The molecule has 6 heteroatoms. The molecule has 1 aromatic carbocycles. The maximum atomic E-state index is 13.6. The number of benzene rings is 1. The number of allylic oxidation sites excluding steroid dienone is 3. The van der Waals surface area contributed by atoms with Crippen molar-refractivity contribution in [3.05, 3.63) is 84.0 Å². The summed E-state index contributed by atoms with van der Waals surface area (Å²) >= 11 is 0. The molecule has 0 radical (unpaired) electrons. The molecule has 4 rings (SSSR count). The highest BCUT2D eigenvalue weighted by Crippen LogP contribution is 2.23. The van der Waals surface area contributed by atoms with Crippen LogP contribution in [0.4, 0.5) is 4.39 Å². The van der Waals surface area contributed by atoms with Gasteiger partial charge in [0, 0.05) is 44.8 Å². The number of hydrogen-bond donors (Lipinski definition) is 0. The highest BCUT2D eigenvalue weighted by Gasteiger charge is 2.25. The van der Waals surface area contributed by atoms with E-state index < -0.39 is 0 Å². The number of nitrogens with zero attached hydrogens (tertiary/aromatic N) is 5. The SMILES string of the molecule is C=C1CC(F)=CC=CC1N1CCN(CCCCc2cn(Cc3ccccc3)nn2)CC1. The fraction of sp³-hybridized carbons (Fsp3) is 0.440. The van der Waals surface area contributed by atoms with Gasteiger partial charge in [0.2, 0.25) is 0 Å². The van der Waals surface area contributed by atoms with Gasteiger partial charge in [0.25, 0.3) is 0 Å². The number of aromatic nitrogens is 3. The Kier molecular flexibility index (Phi) is 7.43. The molecule has 1 aliphatic carbocycles. The summed E-state index contributed by atoms with van der Waals surface area (Å²) < 4.78 is 15.5. The molecule has 31 heavy (non-hydrogen) atoms. The van der Waals surface area contributed by atoms with Crippen molar-refractivity contribution in [1.29, 1.82) is 0 Å². The van der Waals surface area contributed by atoms with Crippen LogP contribution in [0.3, 0.4) is 0 Å². The highest BCUT2D eigenvalue weighted by molar-refractivity contribution is 5.27. The number of hydrogen-bond acceptors (Lipinski definition) is 4. The third kappa shape index (κ3) is 6.21. The van der Waals surface area contributed by atoms with E-state index in [0.717, 1.165) is 69.8 Å². The zero-order valence-corrected chi connectivity index (χ0v) is 18.2. The summed E-state index contributed by atoms with van der Waals surface area (Å²) in [6.45, 7) is 10.1. The van der Waals surface area contributed by atoms with Crippen LogP contribution in [0, 0.1) is 0 Å². The van der Waals surface area contributed by atoms with Crippen molar-refractivity contribution in [2.75, 3.05) is 32.7 Å². The lowest BCUT2D eigenvalue weighted by Gasteiger charge is -2.38. The molecule has 1 unspecified atom stereocenters. The molecule has 0 amide bonds. The van der Waals surface area contributed by atoms with E-state index in [2.05, 4.69) is 51.1 Å². The Labute approximate surface area is 184 Å². The van der Waals surface area contributed by atoms with Gasteiger partial charge in [0.15, 0.2) is 0 Å². The van der Waals surface area contributed by atoms with E-state index in [0.29, 0.717) is 6.42 Å². The van der Waals surface area contributed by atoms with Crippen molar-refractivity contribution in [3.63, 3.8) is 0 Å². The minimum absolute atomic E-state index is 0.0949. The van der Waals surface area contributed by atoms with E-state index in [-0.39, 0.29) is 11.9 Å². The first kappa shape index (κ1) is 21.7. The molecule has 5 nitrogen and oxygen atoms in total. The third-order valence-electron chi connectivity index (χ3n) is 6.12. The molecule has 164 valence electrons. The molecule has 0 saturated carbocycles. The lowest BCUT2D eigenvalue weighted by molar-refractivity contribution is 0.120. The maximum Gasteiger partial charge on any atom is 0.104 e. The second kappa shape index (κ2) is 10.6. The third-order valence-corrected chi connectivity index (χ3v) is 6.12. The molecule has 2 heterocycles. The molecule has 1 fully saturated rings. The zero-order chi connectivity index (χ0) is 21.5. The quantitative estimate of drug-likeness (QED) is 0.477. The van der Waals surface area contributed by atoms with Crippen molar-refractivity contribution in [2.24, 2.45) is 0 Å². The van der Waals surface area contributed by atoms with Crippen LogP contribution in [0.5, 0.6) is 0 Å². The largest absolute Gasteiger partial charge is 0.301 e. The smallest absolute Gasteiger partial charge is 0.104 e. The van der Waals surface area contributed by atoms with Gasteiger partial charge in [-0.15, -0.1) is 5.10 Å². The Morgan fingerprint density at radius 1 is 1.06 bits per heavy atom. The number of aryl methyl sites for hydroxylation is 1. The summed E-state index contributed by atoms with van der Waals surface area (Å²) in [6.07, 6.45) is 11.1. The standard InChI is InChI=1S/C25H32FN5/c1-21-18-23(26)10-7-12-25(21)30-16-14-29(15-17-30)13-6-5-11-24-20-31(28-27-24)19-22-8-3-2-4-9-22/h2-4,7-10,12,20,25H,1,5-6,11,13-19H2. The lowest BCUT2D eigenvalue weighted by atomic mass is 10.0. The molecule has 2 aromatic rings. The molecular formula is C25H32FN5. The van der Waals surface area contributed by atoms with Gasteiger partial charge in [0.1, 0.15) is 5.83 Å². The van der Waals surface area contributed by atoms with Crippen molar-refractivity contribution in [3.8, 4) is 0 Å². The monoisotopic (exact) mass is 421 g/mol. The second-order valence-corrected chi connectivity index (χ2v) is 8.51. The Hall–Kier alpha value is -2.57. The Morgan fingerprint density at radius 3 is 2.68 bits per heavy atom. The van der Waals surface area contributed by atoms with Crippen LogP contribution in [0.1, 0.15) is 30.5 Å². The molecule has 0 bridgehead atoms. The average Bonchev–Trinajstić information content (AvgIpc) is 3.15. The summed E-state index contributed by atoms with van der Waals surface area (Å²) in [5.74, 6) is -0.0949. The van der Waals surface area contributed by atoms with E-state index in [1.807, 2.05) is 29.0 Å². The first-order valence-electron chi connectivity index (χ1n) is 11.3. The van der Waals surface area contributed by atoms with Gasteiger partial charge in [-0.05, 0) is 43.0 Å². The molecule has 1 atom stereocenters. The summed E-state index contributed by atoms with van der Waals surface area (Å²) in [4.78, 5) is 4.96. The maximum absolute atomic E-state index is 13.6. The van der Waals surface area contributed by atoms with Crippen molar-refractivity contribution >= 4 is 0 Å². The number of unbranched alkanes of at least 4 members (excludes halogenated alkanes) is 1. The van der Waals surface area contributed by atoms with Crippen molar-refractivity contribution in [2.45, 2.75) is 38.3 Å². The predicted molar refractivity (Wildman–Crippen MR) is 122 cm³/mol. The second-order valence-electron chi connectivity index (χ2n) is 8.51. The highest BCUT2D eigenvalue weighted by atomic mass is 19.1. The Bertz CT molecular complexity index is 909. The van der Waals surface area contributed by atoms with Gasteiger partial charge < -0.3 is 4.90 Å². The minimum atomic E-state index is -0.0949. The van der Waals surface area contributed by atoms with Gasteiger partial charge in [0.05, 0.1) is 12.2 Å². The van der Waals surface area contributed by atoms with Crippen molar-refractivity contribution in [1.82, 2.24) is 24.8 Å². The molecule has 1 saturated heterocycles. The topological polar surface area (TPSA) is 37.2 Å². The van der Waals surface area contributed by atoms with Gasteiger partial charge in [-0.3, -0.25) is 4.90 Å². The van der Waals surface area contributed by atoms with Gasteiger partial charge >= 0.3 is 0 Å². The van der Waals surface area contributed by atoms with Crippen LogP contribution in [-0.4, -0.2) is 63.6 Å². The minimum Gasteiger partial charge on any atom is -0.301 e. The molecule has 0 spiro atoms. The van der Waals surface area contributed by atoms with Crippen LogP contribution in [-0.2, 0) is 13.0 Å². The summed E-state index contributed by atoms with van der Waals surface area (Å²) in [5.41, 5.74) is 3.26. The summed E-state index contributed by atoms with van der Waals surface area (Å²) in [7, 11) is 0. The first-order valence-corrected chi connectivity index (χ1v) is 11.3. The van der Waals surface area contributed by atoms with E-state index in [4.69, 9.17) is 0 Å². The van der Waals surface area contributed by atoms with E-state index in [1.165, 1.54) is 5.56 Å². The van der Waals surface area contributed by atoms with Crippen LogP contribution in [0.2, 0.25) is 0 Å². The average molecular weight is 422 g/mol. The Balaban J connectivity index is 1.14. The molecule has 0 N–H and O–H groups in total. The molecule has 2 aliphatic rings. The molecular weight excluding hydrogens is 389 g/mol. The van der Waals surface area contributed by atoms with Crippen LogP contribution in [0.15, 0.2) is 72.7 Å². The van der Waals surface area contributed by atoms with Gasteiger partial charge in [-0.1, -0.05) is 54.3 Å². The molecule has 1 aliphatic heterocycles. The van der Waals surface area contributed by atoms with Gasteiger partial charge in [-0.25, -0.2) is 9.07 Å². The summed E-state index contributed by atoms with van der Waals surface area (Å²) in [6, 6.07) is 10.5. The number of piperazine rings is 1. The first-order chi connectivity index (χ1) is 15.2. The fourth-order valence-electron chi connectivity index (χ4n) is 4.37. The van der Waals surface area contributed by atoms with Crippen LogP contribution < -0.4 is 0 Å². The normalized spacial score (nSPS) is 20.6.